The van der Waals surface area contributed by atoms with Crippen molar-refractivity contribution in [3.63, 3.8) is 0 Å². The molecule has 1 unspecified atom stereocenters. The molecule has 118 valence electrons. The van der Waals surface area contributed by atoms with Crippen molar-refractivity contribution in [2.45, 2.75) is 56.9 Å². The fraction of sp³-hybridized carbons (Fsp3) is 0.533. The van der Waals surface area contributed by atoms with Gasteiger partial charge in [0.25, 0.3) is 0 Å². The van der Waals surface area contributed by atoms with Crippen LogP contribution in [0.3, 0.4) is 0 Å². The zero-order chi connectivity index (χ0) is 15.9. The average Bonchev–Trinajstić information content (AvgIpc) is 2.38. The van der Waals surface area contributed by atoms with E-state index in [-0.39, 0.29) is 17.4 Å². The van der Waals surface area contributed by atoms with Gasteiger partial charge < -0.3 is 5.11 Å². The average molecular weight is 313 g/mol. The lowest BCUT2D eigenvalue weighted by Gasteiger charge is -2.14. The van der Waals surface area contributed by atoms with Crippen LogP contribution in [0.15, 0.2) is 29.2 Å². The molecule has 6 heteroatoms. The van der Waals surface area contributed by atoms with Gasteiger partial charge in [-0.3, -0.25) is 4.79 Å². The van der Waals surface area contributed by atoms with E-state index in [0.717, 1.165) is 25.7 Å². The highest BCUT2D eigenvalue weighted by atomic mass is 32.2. The Morgan fingerprint density at radius 1 is 1.24 bits per heavy atom. The second-order valence-corrected chi connectivity index (χ2v) is 6.95. The molecular formula is C15H23NO4S. The van der Waals surface area contributed by atoms with Crippen LogP contribution in [0.25, 0.3) is 0 Å². The summed E-state index contributed by atoms with van der Waals surface area (Å²) in [6.45, 7) is 3.96. The lowest BCUT2D eigenvalue weighted by Crippen LogP contribution is -2.32. The van der Waals surface area contributed by atoms with Gasteiger partial charge in [-0.2, -0.15) is 0 Å². The van der Waals surface area contributed by atoms with Gasteiger partial charge in [0.2, 0.25) is 10.0 Å². The smallest absolute Gasteiger partial charge is 0.307 e. The number of nitrogens with one attached hydrogen (secondary N) is 1. The van der Waals surface area contributed by atoms with Crippen molar-refractivity contribution in [2.75, 3.05) is 0 Å². The number of carbonyl (C=O) groups is 1. The van der Waals surface area contributed by atoms with Crippen LogP contribution >= 0.6 is 0 Å². The van der Waals surface area contributed by atoms with Crippen molar-refractivity contribution < 1.29 is 18.3 Å². The van der Waals surface area contributed by atoms with Crippen molar-refractivity contribution in [3.05, 3.63) is 29.8 Å². The number of hydrogen-bond donors (Lipinski definition) is 2. The first-order valence-corrected chi connectivity index (χ1v) is 8.66. The largest absolute Gasteiger partial charge is 0.481 e. The van der Waals surface area contributed by atoms with Crippen LogP contribution in [-0.4, -0.2) is 25.5 Å². The van der Waals surface area contributed by atoms with E-state index in [4.69, 9.17) is 5.11 Å². The molecule has 0 saturated carbocycles. The molecule has 5 nitrogen and oxygen atoms in total. The Labute approximate surface area is 126 Å². The molecule has 0 amide bonds. The van der Waals surface area contributed by atoms with Gasteiger partial charge in [-0.1, -0.05) is 38.3 Å². The van der Waals surface area contributed by atoms with Gasteiger partial charge in [0.15, 0.2) is 0 Å². The number of benzene rings is 1. The molecule has 1 aromatic carbocycles. The van der Waals surface area contributed by atoms with Crippen LogP contribution in [0.1, 0.15) is 45.1 Å². The minimum Gasteiger partial charge on any atom is -0.481 e. The van der Waals surface area contributed by atoms with Crippen molar-refractivity contribution in [3.8, 4) is 0 Å². The Bertz CT molecular complexity index is 552. The first-order valence-electron chi connectivity index (χ1n) is 7.18. The van der Waals surface area contributed by atoms with Crippen LogP contribution < -0.4 is 4.72 Å². The maximum Gasteiger partial charge on any atom is 0.307 e. The highest BCUT2D eigenvalue weighted by molar-refractivity contribution is 7.89. The SMILES string of the molecule is CCCCCC(C)NS(=O)(=O)c1ccc(CC(=O)O)cc1. The first kappa shape index (κ1) is 17.7. The summed E-state index contributed by atoms with van der Waals surface area (Å²) in [5, 5.41) is 8.69. The Balaban J connectivity index is 2.67. The summed E-state index contributed by atoms with van der Waals surface area (Å²) in [5.74, 6) is -0.937. The van der Waals surface area contributed by atoms with Crippen molar-refractivity contribution in [1.82, 2.24) is 4.72 Å². The Hall–Kier alpha value is -1.40. The summed E-state index contributed by atoms with van der Waals surface area (Å²) in [5.41, 5.74) is 0.581. The Morgan fingerprint density at radius 3 is 2.38 bits per heavy atom. The Morgan fingerprint density at radius 2 is 1.86 bits per heavy atom. The van der Waals surface area contributed by atoms with Crippen molar-refractivity contribution in [1.29, 1.82) is 0 Å². The number of unbranched alkanes of at least 4 members (excludes halogenated alkanes) is 2. The summed E-state index contributed by atoms with van der Waals surface area (Å²) in [4.78, 5) is 10.8. The van der Waals surface area contributed by atoms with Gasteiger partial charge in [-0.05, 0) is 31.0 Å². The third kappa shape index (κ3) is 6.27. The summed E-state index contributed by atoms with van der Waals surface area (Å²) < 4.78 is 27.0. The fourth-order valence-electron chi connectivity index (χ4n) is 2.05. The van der Waals surface area contributed by atoms with E-state index < -0.39 is 16.0 Å². The standard InChI is InChI=1S/C15H23NO4S/c1-3-4-5-6-12(2)16-21(19,20)14-9-7-13(8-10-14)11-15(17)18/h7-10,12,16H,3-6,11H2,1-2H3,(H,17,18). The molecule has 0 aromatic heterocycles. The lowest BCUT2D eigenvalue weighted by atomic mass is 10.1. The predicted octanol–water partition coefficient (Wildman–Crippen LogP) is 2.56. The number of rotatable bonds is 9. The molecule has 0 aliphatic heterocycles. The monoisotopic (exact) mass is 313 g/mol. The van der Waals surface area contributed by atoms with Gasteiger partial charge in [0.1, 0.15) is 0 Å². The van der Waals surface area contributed by atoms with Gasteiger partial charge in [-0.25, -0.2) is 13.1 Å². The Kier molecular flexibility index (Phi) is 6.84. The van der Waals surface area contributed by atoms with Gasteiger partial charge in [-0.15, -0.1) is 0 Å². The second-order valence-electron chi connectivity index (χ2n) is 5.23. The highest BCUT2D eigenvalue weighted by Crippen LogP contribution is 2.13. The lowest BCUT2D eigenvalue weighted by molar-refractivity contribution is -0.136. The molecule has 0 bridgehead atoms. The molecule has 0 aliphatic rings. The third-order valence-corrected chi connectivity index (χ3v) is 4.79. The van der Waals surface area contributed by atoms with Gasteiger partial charge >= 0.3 is 5.97 Å². The van der Waals surface area contributed by atoms with E-state index in [1.165, 1.54) is 24.3 Å². The molecule has 21 heavy (non-hydrogen) atoms. The van der Waals surface area contributed by atoms with Crippen LogP contribution in [0.5, 0.6) is 0 Å². The number of aliphatic carboxylic acids is 1. The normalized spacial score (nSPS) is 13.0. The van der Waals surface area contributed by atoms with E-state index in [1.807, 2.05) is 6.92 Å². The van der Waals surface area contributed by atoms with E-state index in [9.17, 15) is 13.2 Å². The molecule has 1 atom stereocenters. The maximum absolute atomic E-state index is 12.2. The van der Waals surface area contributed by atoms with Crippen molar-refractivity contribution >= 4 is 16.0 Å². The topological polar surface area (TPSA) is 83.5 Å². The van der Waals surface area contributed by atoms with Crippen LogP contribution in [0, 0.1) is 0 Å². The van der Waals surface area contributed by atoms with E-state index in [0.29, 0.717) is 5.56 Å². The summed E-state index contributed by atoms with van der Waals surface area (Å²) >= 11 is 0. The van der Waals surface area contributed by atoms with E-state index in [1.54, 1.807) is 0 Å². The molecule has 1 aromatic rings. The molecule has 0 saturated heterocycles. The number of sulfonamides is 1. The minimum atomic E-state index is -3.54. The quantitative estimate of drug-likeness (QED) is 0.686. The zero-order valence-electron chi connectivity index (χ0n) is 12.5. The van der Waals surface area contributed by atoms with Crippen LogP contribution in [0.4, 0.5) is 0 Å². The molecule has 0 fully saturated rings. The minimum absolute atomic E-state index is 0.110. The number of hydrogen-bond acceptors (Lipinski definition) is 3. The first-order chi connectivity index (χ1) is 9.85. The predicted molar refractivity (Wildman–Crippen MR) is 81.7 cm³/mol. The fourth-order valence-corrected chi connectivity index (χ4v) is 3.33. The molecular weight excluding hydrogens is 290 g/mol. The van der Waals surface area contributed by atoms with E-state index >= 15 is 0 Å². The molecule has 0 heterocycles. The molecule has 0 radical (unpaired) electrons. The zero-order valence-corrected chi connectivity index (χ0v) is 13.3. The highest BCUT2D eigenvalue weighted by Gasteiger charge is 2.17. The summed E-state index contributed by atoms with van der Waals surface area (Å²) in [6.07, 6.45) is 3.89. The summed E-state index contributed by atoms with van der Waals surface area (Å²) in [6, 6.07) is 5.84. The van der Waals surface area contributed by atoms with Crippen LogP contribution in [-0.2, 0) is 21.2 Å². The molecule has 0 aliphatic carbocycles. The van der Waals surface area contributed by atoms with Crippen LogP contribution in [0.2, 0.25) is 0 Å². The van der Waals surface area contributed by atoms with Gasteiger partial charge in [0.05, 0.1) is 11.3 Å². The third-order valence-electron chi connectivity index (χ3n) is 3.19. The van der Waals surface area contributed by atoms with E-state index in [2.05, 4.69) is 11.6 Å². The summed E-state index contributed by atoms with van der Waals surface area (Å²) in [7, 11) is -3.54. The second kappa shape index (κ2) is 8.14. The molecule has 1 rings (SSSR count). The van der Waals surface area contributed by atoms with Crippen molar-refractivity contribution in [2.24, 2.45) is 0 Å². The number of carboxylic acid groups (broad SMARTS) is 1. The van der Waals surface area contributed by atoms with Gasteiger partial charge in [0, 0.05) is 6.04 Å². The molecule has 2 N–H and O–H groups in total. The molecule has 0 spiro atoms. The number of carboxylic acids is 1. The maximum atomic E-state index is 12.2.